The van der Waals surface area contributed by atoms with Gasteiger partial charge in [-0.05, 0) is 19.4 Å². The zero-order valence-corrected chi connectivity index (χ0v) is 12.6. The molecule has 21 heavy (non-hydrogen) atoms. The van der Waals surface area contributed by atoms with Crippen LogP contribution in [-0.4, -0.2) is 43.2 Å². The average molecular weight is 307 g/mol. The van der Waals surface area contributed by atoms with Crippen molar-refractivity contribution in [1.29, 1.82) is 0 Å². The molecule has 2 aliphatic heterocycles. The predicted octanol–water partition coefficient (Wildman–Crippen LogP) is 1.48. The molecule has 0 radical (unpaired) electrons. The van der Waals surface area contributed by atoms with E-state index >= 15 is 0 Å². The molecule has 0 bridgehead atoms. The first kappa shape index (κ1) is 14.4. The third-order valence-electron chi connectivity index (χ3n) is 4.20. The summed E-state index contributed by atoms with van der Waals surface area (Å²) in [5.74, 6) is -1.83. The molecule has 2 N–H and O–H groups in total. The number of aliphatic hydroxyl groups excluding tert-OH is 1. The van der Waals surface area contributed by atoms with Crippen LogP contribution < -0.4 is 0 Å². The van der Waals surface area contributed by atoms with Crippen molar-refractivity contribution in [3.63, 3.8) is 0 Å². The molecule has 2 fully saturated rings. The lowest BCUT2D eigenvalue weighted by Crippen LogP contribution is -2.63. The molecule has 5 nitrogen and oxygen atoms in total. The van der Waals surface area contributed by atoms with Crippen LogP contribution in [0.25, 0.3) is 0 Å². The molecule has 2 aliphatic rings. The highest BCUT2D eigenvalue weighted by molar-refractivity contribution is 8.01. The number of nitrogens with zero attached hydrogens (tertiary/aromatic N) is 1. The van der Waals surface area contributed by atoms with Gasteiger partial charge in [-0.3, -0.25) is 4.79 Å². The van der Waals surface area contributed by atoms with Crippen molar-refractivity contribution in [3.05, 3.63) is 35.9 Å². The zero-order valence-electron chi connectivity index (χ0n) is 11.8. The number of carboxylic acid groups (broad SMARTS) is 1. The Bertz CT molecular complexity index is 589. The van der Waals surface area contributed by atoms with Gasteiger partial charge in [0.15, 0.2) is 0 Å². The SMILES string of the molecule is CC1(C)S[C@@H]2[C@H](C(O)c3ccccc3)C(=O)N2[C@H]1C(=O)O. The first-order valence-corrected chi connectivity index (χ1v) is 7.68. The Morgan fingerprint density at radius 1 is 1.33 bits per heavy atom. The lowest BCUT2D eigenvalue weighted by Gasteiger charge is -2.45. The van der Waals surface area contributed by atoms with E-state index in [9.17, 15) is 19.8 Å². The number of benzene rings is 1. The highest BCUT2D eigenvalue weighted by atomic mass is 32.2. The van der Waals surface area contributed by atoms with Gasteiger partial charge in [-0.2, -0.15) is 0 Å². The van der Waals surface area contributed by atoms with Gasteiger partial charge in [0.05, 0.1) is 17.4 Å². The molecule has 1 amide bonds. The van der Waals surface area contributed by atoms with Crippen molar-refractivity contribution in [3.8, 4) is 0 Å². The molecular weight excluding hydrogens is 290 g/mol. The second kappa shape index (κ2) is 4.74. The molecule has 0 saturated carbocycles. The summed E-state index contributed by atoms with van der Waals surface area (Å²) in [6, 6.07) is 8.19. The molecular formula is C15H17NO4S. The fourth-order valence-corrected chi connectivity index (χ4v) is 4.91. The van der Waals surface area contributed by atoms with Crippen molar-refractivity contribution in [2.24, 2.45) is 5.92 Å². The van der Waals surface area contributed by atoms with Crippen LogP contribution in [0.3, 0.4) is 0 Å². The number of thioether (sulfide) groups is 1. The number of hydrogen-bond donors (Lipinski definition) is 2. The van der Waals surface area contributed by atoms with Crippen LogP contribution >= 0.6 is 11.8 Å². The molecule has 1 aromatic rings. The van der Waals surface area contributed by atoms with Gasteiger partial charge in [0.2, 0.25) is 5.91 Å². The van der Waals surface area contributed by atoms with Gasteiger partial charge in [-0.25, -0.2) is 4.79 Å². The maximum Gasteiger partial charge on any atom is 0.327 e. The molecule has 6 heteroatoms. The molecule has 0 spiro atoms. The number of β-lactam (4-membered cyclic amide) rings is 1. The fourth-order valence-electron chi connectivity index (χ4n) is 3.19. The van der Waals surface area contributed by atoms with Crippen LogP contribution in [0.1, 0.15) is 25.5 Å². The average Bonchev–Trinajstić information content (AvgIpc) is 2.68. The van der Waals surface area contributed by atoms with Gasteiger partial charge < -0.3 is 15.1 Å². The lowest BCUT2D eigenvalue weighted by molar-refractivity contribution is -0.169. The summed E-state index contributed by atoms with van der Waals surface area (Å²) in [7, 11) is 0. The summed E-state index contributed by atoms with van der Waals surface area (Å²) in [5, 5.41) is 19.5. The highest BCUT2D eigenvalue weighted by Gasteiger charge is 2.65. The number of rotatable bonds is 3. The van der Waals surface area contributed by atoms with Crippen LogP contribution in [0.5, 0.6) is 0 Å². The minimum Gasteiger partial charge on any atom is -0.480 e. The minimum absolute atomic E-state index is 0.274. The number of hydrogen-bond acceptors (Lipinski definition) is 4. The molecule has 1 unspecified atom stereocenters. The van der Waals surface area contributed by atoms with Crippen LogP contribution in [0, 0.1) is 5.92 Å². The van der Waals surface area contributed by atoms with Crippen LogP contribution in [0.15, 0.2) is 30.3 Å². The first-order valence-electron chi connectivity index (χ1n) is 6.80. The summed E-state index contributed by atoms with van der Waals surface area (Å²) in [6.07, 6.45) is -0.893. The van der Waals surface area contributed by atoms with Crippen molar-refractivity contribution in [2.75, 3.05) is 0 Å². The summed E-state index contributed by atoms with van der Waals surface area (Å²) >= 11 is 1.45. The van der Waals surface area contributed by atoms with E-state index in [0.717, 1.165) is 0 Å². The second-order valence-corrected chi connectivity index (χ2v) is 7.75. The fraction of sp³-hybridized carbons (Fsp3) is 0.467. The second-order valence-electron chi connectivity index (χ2n) is 5.98. The van der Waals surface area contributed by atoms with Crippen molar-refractivity contribution in [1.82, 2.24) is 4.90 Å². The zero-order chi connectivity index (χ0) is 15.4. The Hall–Kier alpha value is -1.53. The minimum atomic E-state index is -0.990. The molecule has 3 rings (SSSR count). The molecule has 112 valence electrons. The molecule has 0 aliphatic carbocycles. The molecule has 4 atom stereocenters. The van der Waals surface area contributed by atoms with Crippen molar-refractivity contribution in [2.45, 2.75) is 36.1 Å². The summed E-state index contributed by atoms with van der Waals surface area (Å²) in [6.45, 7) is 3.65. The monoisotopic (exact) mass is 307 g/mol. The van der Waals surface area contributed by atoms with Crippen molar-refractivity contribution < 1.29 is 19.8 Å². The molecule has 1 aromatic carbocycles. The van der Waals surface area contributed by atoms with E-state index < -0.39 is 28.8 Å². The van der Waals surface area contributed by atoms with Gasteiger partial charge >= 0.3 is 5.97 Å². The van der Waals surface area contributed by atoms with E-state index in [4.69, 9.17) is 0 Å². The van der Waals surface area contributed by atoms with E-state index in [-0.39, 0.29) is 11.3 Å². The number of carboxylic acids is 1. The molecule has 0 aromatic heterocycles. The predicted molar refractivity (Wildman–Crippen MR) is 78.6 cm³/mol. The van der Waals surface area contributed by atoms with Crippen molar-refractivity contribution >= 4 is 23.6 Å². The number of carbonyl (C=O) groups excluding carboxylic acids is 1. The summed E-state index contributed by atoms with van der Waals surface area (Å²) < 4.78 is -0.558. The number of aliphatic hydroxyl groups is 1. The van der Waals surface area contributed by atoms with E-state index in [1.807, 2.05) is 32.0 Å². The van der Waals surface area contributed by atoms with Crippen LogP contribution in [0.2, 0.25) is 0 Å². The van der Waals surface area contributed by atoms with Gasteiger partial charge in [-0.1, -0.05) is 30.3 Å². The first-order chi connectivity index (χ1) is 9.84. The topological polar surface area (TPSA) is 77.8 Å². The van der Waals surface area contributed by atoms with E-state index in [1.54, 1.807) is 12.1 Å². The van der Waals surface area contributed by atoms with Crippen LogP contribution in [0.4, 0.5) is 0 Å². The quantitative estimate of drug-likeness (QED) is 0.827. The lowest BCUT2D eigenvalue weighted by atomic mass is 9.85. The van der Waals surface area contributed by atoms with Crippen LogP contribution in [-0.2, 0) is 9.59 Å². The third-order valence-corrected chi connectivity index (χ3v) is 5.79. The van der Waals surface area contributed by atoms with E-state index in [0.29, 0.717) is 5.56 Å². The van der Waals surface area contributed by atoms with Gasteiger partial charge in [0.1, 0.15) is 6.04 Å². The number of aliphatic carboxylic acids is 1. The standard InChI is InChI=1S/C15H17NO4S/c1-15(2)11(14(19)20)16-12(18)9(13(16)21-15)10(17)8-6-4-3-5-7-8/h3-7,9-11,13,17H,1-2H3,(H,19,20)/t9-,10?,11+,13-/m1/s1. The molecule has 2 saturated heterocycles. The number of carbonyl (C=O) groups is 2. The van der Waals surface area contributed by atoms with E-state index in [1.165, 1.54) is 16.7 Å². The van der Waals surface area contributed by atoms with Gasteiger partial charge in [-0.15, -0.1) is 11.8 Å². The maximum atomic E-state index is 12.3. The number of fused-ring (bicyclic) bond motifs is 1. The summed E-state index contributed by atoms with van der Waals surface area (Å²) in [5.41, 5.74) is 0.688. The normalized spacial score (nSPS) is 31.5. The summed E-state index contributed by atoms with van der Waals surface area (Å²) in [4.78, 5) is 25.2. The largest absolute Gasteiger partial charge is 0.480 e. The highest BCUT2D eigenvalue weighted by Crippen LogP contribution is 2.55. The Morgan fingerprint density at radius 3 is 2.52 bits per heavy atom. The smallest absolute Gasteiger partial charge is 0.327 e. The number of amides is 1. The third kappa shape index (κ3) is 2.05. The Kier molecular flexibility index (Phi) is 3.26. The Balaban J connectivity index is 1.87. The Morgan fingerprint density at radius 2 is 1.95 bits per heavy atom. The van der Waals surface area contributed by atoms with E-state index in [2.05, 4.69) is 0 Å². The maximum absolute atomic E-state index is 12.3. The Labute approximate surface area is 126 Å². The van der Waals surface area contributed by atoms with Gasteiger partial charge in [0, 0.05) is 4.75 Å². The van der Waals surface area contributed by atoms with Gasteiger partial charge in [0.25, 0.3) is 0 Å². The molecule has 2 heterocycles.